The molecule has 0 atom stereocenters. The second-order valence-electron chi connectivity index (χ2n) is 4.10. The zero-order chi connectivity index (χ0) is 14.1. The first-order chi connectivity index (χ1) is 9.21. The molecule has 0 bridgehead atoms. The van der Waals surface area contributed by atoms with Crippen LogP contribution in [0, 0.1) is 0 Å². The van der Waals surface area contributed by atoms with E-state index >= 15 is 0 Å². The standard InChI is InChI=1S/C14H20ClNO3/c1-18-12-6-7-13(19-2)11(9-12)10-16-14(17)5-3-4-8-15/h6-7,9H,3-5,8,10H2,1-2H3,(H,16,17). The summed E-state index contributed by atoms with van der Waals surface area (Å²) in [6.07, 6.45) is 2.17. The van der Waals surface area contributed by atoms with Gasteiger partial charge in [0, 0.05) is 24.4 Å². The minimum Gasteiger partial charge on any atom is -0.497 e. The van der Waals surface area contributed by atoms with Crippen molar-refractivity contribution in [2.24, 2.45) is 0 Å². The molecule has 4 nitrogen and oxygen atoms in total. The van der Waals surface area contributed by atoms with Crippen molar-refractivity contribution in [3.05, 3.63) is 23.8 Å². The van der Waals surface area contributed by atoms with Gasteiger partial charge in [-0.15, -0.1) is 11.6 Å². The Kier molecular flexibility index (Phi) is 7.11. The van der Waals surface area contributed by atoms with Gasteiger partial charge >= 0.3 is 0 Å². The minimum absolute atomic E-state index is 0.0231. The average molecular weight is 286 g/mol. The molecule has 1 rings (SSSR count). The first kappa shape index (κ1) is 15.6. The number of halogens is 1. The van der Waals surface area contributed by atoms with Crippen molar-refractivity contribution in [1.29, 1.82) is 0 Å². The molecule has 19 heavy (non-hydrogen) atoms. The molecule has 1 amide bonds. The SMILES string of the molecule is COc1ccc(OC)c(CNC(=O)CCCCCl)c1. The Morgan fingerprint density at radius 2 is 2.05 bits per heavy atom. The van der Waals surface area contributed by atoms with Gasteiger partial charge < -0.3 is 14.8 Å². The molecule has 0 saturated heterocycles. The number of unbranched alkanes of at least 4 members (excludes halogenated alkanes) is 1. The third kappa shape index (κ3) is 5.39. The number of carbonyl (C=O) groups excluding carboxylic acids is 1. The van der Waals surface area contributed by atoms with Crippen molar-refractivity contribution < 1.29 is 14.3 Å². The molecule has 106 valence electrons. The van der Waals surface area contributed by atoms with Gasteiger partial charge in [0.15, 0.2) is 0 Å². The lowest BCUT2D eigenvalue weighted by Crippen LogP contribution is -2.22. The average Bonchev–Trinajstić information content (AvgIpc) is 2.45. The molecule has 0 aliphatic heterocycles. The smallest absolute Gasteiger partial charge is 0.220 e. The van der Waals surface area contributed by atoms with Crippen LogP contribution in [0.15, 0.2) is 18.2 Å². The molecule has 1 aromatic rings. The molecule has 0 fully saturated rings. The van der Waals surface area contributed by atoms with Crippen LogP contribution in [0.1, 0.15) is 24.8 Å². The van der Waals surface area contributed by atoms with Crippen LogP contribution in [-0.2, 0) is 11.3 Å². The molecule has 0 heterocycles. The number of nitrogens with one attached hydrogen (secondary N) is 1. The summed E-state index contributed by atoms with van der Waals surface area (Å²) in [5, 5.41) is 2.87. The Balaban J connectivity index is 2.53. The second-order valence-corrected chi connectivity index (χ2v) is 4.48. The zero-order valence-corrected chi connectivity index (χ0v) is 12.1. The van der Waals surface area contributed by atoms with E-state index in [4.69, 9.17) is 21.1 Å². The van der Waals surface area contributed by atoms with Crippen molar-refractivity contribution in [2.45, 2.75) is 25.8 Å². The van der Waals surface area contributed by atoms with E-state index in [1.807, 2.05) is 18.2 Å². The number of hydrogen-bond donors (Lipinski definition) is 1. The van der Waals surface area contributed by atoms with Crippen LogP contribution >= 0.6 is 11.6 Å². The van der Waals surface area contributed by atoms with Crippen molar-refractivity contribution in [1.82, 2.24) is 5.32 Å². The summed E-state index contributed by atoms with van der Waals surface area (Å²) in [6.45, 7) is 0.431. The first-order valence-corrected chi connectivity index (χ1v) is 6.78. The van der Waals surface area contributed by atoms with E-state index in [2.05, 4.69) is 5.32 Å². The van der Waals surface area contributed by atoms with E-state index in [1.54, 1.807) is 14.2 Å². The van der Waals surface area contributed by atoms with Crippen LogP contribution in [0.3, 0.4) is 0 Å². The number of carbonyl (C=O) groups is 1. The van der Waals surface area contributed by atoms with E-state index in [0.717, 1.165) is 29.9 Å². The lowest BCUT2D eigenvalue weighted by Gasteiger charge is -2.11. The van der Waals surface area contributed by atoms with Crippen LogP contribution in [0.5, 0.6) is 11.5 Å². The fourth-order valence-corrected chi connectivity index (χ4v) is 1.87. The maximum absolute atomic E-state index is 11.6. The predicted octanol–water partition coefficient (Wildman–Crippen LogP) is 2.73. The van der Waals surface area contributed by atoms with Gasteiger partial charge in [0.1, 0.15) is 11.5 Å². The summed E-state index contributed by atoms with van der Waals surface area (Å²) in [5.41, 5.74) is 0.896. The highest BCUT2D eigenvalue weighted by Gasteiger charge is 2.07. The lowest BCUT2D eigenvalue weighted by molar-refractivity contribution is -0.121. The number of hydrogen-bond acceptors (Lipinski definition) is 3. The molecule has 0 unspecified atom stereocenters. The van der Waals surface area contributed by atoms with Crippen LogP contribution in [-0.4, -0.2) is 26.0 Å². The Hall–Kier alpha value is -1.42. The summed E-state index contributed by atoms with van der Waals surface area (Å²) >= 11 is 5.57. The monoisotopic (exact) mass is 285 g/mol. The number of methoxy groups -OCH3 is 2. The van der Waals surface area contributed by atoms with Crippen molar-refractivity contribution in [3.8, 4) is 11.5 Å². The Morgan fingerprint density at radius 3 is 2.68 bits per heavy atom. The van der Waals surface area contributed by atoms with E-state index in [0.29, 0.717) is 18.8 Å². The number of alkyl halides is 1. The van der Waals surface area contributed by atoms with Crippen molar-refractivity contribution >= 4 is 17.5 Å². The molecule has 0 aliphatic carbocycles. The maximum atomic E-state index is 11.6. The molecule has 0 radical (unpaired) electrons. The molecular formula is C14H20ClNO3. The molecule has 0 spiro atoms. The topological polar surface area (TPSA) is 47.6 Å². The van der Waals surface area contributed by atoms with E-state index in [9.17, 15) is 4.79 Å². The molecule has 1 aromatic carbocycles. The molecule has 0 aromatic heterocycles. The number of benzene rings is 1. The third-order valence-electron chi connectivity index (χ3n) is 2.75. The fraction of sp³-hybridized carbons (Fsp3) is 0.500. The lowest BCUT2D eigenvalue weighted by atomic mass is 10.1. The van der Waals surface area contributed by atoms with Crippen LogP contribution < -0.4 is 14.8 Å². The van der Waals surface area contributed by atoms with Gasteiger partial charge in [-0.25, -0.2) is 0 Å². The normalized spacial score (nSPS) is 10.1. The van der Waals surface area contributed by atoms with Gasteiger partial charge in [-0.05, 0) is 31.0 Å². The van der Waals surface area contributed by atoms with Crippen molar-refractivity contribution in [3.63, 3.8) is 0 Å². The summed E-state index contributed by atoms with van der Waals surface area (Å²) in [4.78, 5) is 11.6. The van der Waals surface area contributed by atoms with Gasteiger partial charge in [0.25, 0.3) is 0 Å². The summed E-state index contributed by atoms with van der Waals surface area (Å²) in [5.74, 6) is 2.10. The number of ether oxygens (including phenoxy) is 2. The van der Waals surface area contributed by atoms with Gasteiger partial charge in [-0.3, -0.25) is 4.79 Å². The van der Waals surface area contributed by atoms with Gasteiger partial charge in [0.05, 0.1) is 14.2 Å². The van der Waals surface area contributed by atoms with Gasteiger partial charge in [-0.2, -0.15) is 0 Å². The van der Waals surface area contributed by atoms with E-state index in [1.165, 1.54) is 0 Å². The Labute approximate surface area is 119 Å². The Bertz CT molecular complexity index is 410. The van der Waals surface area contributed by atoms with Crippen LogP contribution in [0.2, 0.25) is 0 Å². The van der Waals surface area contributed by atoms with E-state index < -0.39 is 0 Å². The predicted molar refractivity (Wildman–Crippen MR) is 76.0 cm³/mol. The summed E-state index contributed by atoms with van der Waals surface area (Å²) in [6, 6.07) is 5.51. The fourth-order valence-electron chi connectivity index (χ4n) is 1.68. The quantitative estimate of drug-likeness (QED) is 0.590. The second kappa shape index (κ2) is 8.64. The van der Waals surface area contributed by atoms with Crippen LogP contribution in [0.4, 0.5) is 0 Å². The van der Waals surface area contributed by atoms with Gasteiger partial charge in [0.2, 0.25) is 5.91 Å². The third-order valence-corrected chi connectivity index (χ3v) is 3.02. The van der Waals surface area contributed by atoms with Gasteiger partial charge in [-0.1, -0.05) is 0 Å². The summed E-state index contributed by atoms with van der Waals surface area (Å²) < 4.78 is 10.4. The summed E-state index contributed by atoms with van der Waals surface area (Å²) in [7, 11) is 3.21. The molecule has 5 heteroatoms. The van der Waals surface area contributed by atoms with E-state index in [-0.39, 0.29) is 5.91 Å². The zero-order valence-electron chi connectivity index (χ0n) is 11.4. The first-order valence-electron chi connectivity index (χ1n) is 6.24. The number of rotatable bonds is 8. The van der Waals surface area contributed by atoms with Crippen molar-refractivity contribution in [2.75, 3.05) is 20.1 Å². The number of amides is 1. The highest BCUT2D eigenvalue weighted by Crippen LogP contribution is 2.23. The molecule has 1 N–H and O–H groups in total. The highest BCUT2D eigenvalue weighted by atomic mass is 35.5. The maximum Gasteiger partial charge on any atom is 0.220 e. The highest BCUT2D eigenvalue weighted by molar-refractivity contribution is 6.17. The largest absolute Gasteiger partial charge is 0.497 e. The Morgan fingerprint density at radius 1 is 1.26 bits per heavy atom. The molecule has 0 aliphatic rings. The van der Waals surface area contributed by atoms with Crippen LogP contribution in [0.25, 0.3) is 0 Å². The minimum atomic E-state index is 0.0231. The molecular weight excluding hydrogens is 266 g/mol. The molecule has 0 saturated carbocycles.